The Morgan fingerprint density at radius 3 is 2.42 bits per heavy atom. The van der Waals surface area contributed by atoms with Crippen molar-refractivity contribution in [2.24, 2.45) is 0 Å². The smallest absolute Gasteiger partial charge is 0.416 e. The number of carbonyl (C=O) groups is 1. The highest BCUT2D eigenvalue weighted by molar-refractivity contribution is 7.41. The summed E-state index contributed by atoms with van der Waals surface area (Å²) in [6, 6.07) is 9.13. The summed E-state index contributed by atoms with van der Waals surface area (Å²) in [6.45, 7) is 3.47. The minimum absolute atomic E-state index is 0.0299. The summed E-state index contributed by atoms with van der Waals surface area (Å²) in [5.41, 5.74) is -2.60. The van der Waals surface area contributed by atoms with Gasteiger partial charge in [0.1, 0.15) is 17.4 Å². The molecule has 1 amide bonds. The molecular weight excluding hydrogens is 657 g/mol. The van der Waals surface area contributed by atoms with Gasteiger partial charge in [-0.05, 0) is 109 Å². The van der Waals surface area contributed by atoms with Crippen LogP contribution in [0, 0.1) is 19.7 Å². The first-order valence-electron chi connectivity index (χ1n) is 15.0. The van der Waals surface area contributed by atoms with Crippen LogP contribution >= 0.6 is 8.20 Å². The zero-order chi connectivity index (χ0) is 34.3. The van der Waals surface area contributed by atoms with Crippen LogP contribution < -0.4 is 4.74 Å². The van der Waals surface area contributed by atoms with E-state index in [1.54, 1.807) is 32.0 Å². The minimum atomic E-state index is -4.70. The number of amides is 1. The number of halogens is 6. The summed E-state index contributed by atoms with van der Waals surface area (Å²) in [6.07, 6.45) is -4.73. The predicted octanol–water partition coefficient (Wildman–Crippen LogP) is 9.46. The van der Waals surface area contributed by atoms with E-state index in [-0.39, 0.29) is 35.4 Å². The summed E-state index contributed by atoms with van der Waals surface area (Å²) in [7, 11) is 0.588. The average Bonchev–Trinajstić information content (AvgIpc) is 3.60. The Morgan fingerprint density at radius 1 is 1.00 bits per heavy atom. The lowest BCUT2D eigenvalue weighted by atomic mass is 9.89. The van der Waals surface area contributed by atoms with Crippen LogP contribution in [-0.2, 0) is 16.6 Å². The van der Waals surface area contributed by atoms with Gasteiger partial charge in [-0.2, -0.15) is 22.0 Å². The second-order valence-electron chi connectivity index (χ2n) is 12.2. The number of aliphatic hydroxyl groups is 1. The number of aromatic nitrogens is 1. The zero-order valence-corrected chi connectivity index (χ0v) is 26.6. The topological polar surface area (TPSA) is 71.9 Å². The average molecular weight is 685 g/mol. The number of ether oxygens (including phenoxy) is 2. The van der Waals surface area contributed by atoms with Crippen LogP contribution in [0.5, 0.6) is 5.88 Å². The van der Waals surface area contributed by atoms with Crippen LogP contribution in [0.4, 0.5) is 31.1 Å². The van der Waals surface area contributed by atoms with Crippen LogP contribution in [-0.4, -0.2) is 39.7 Å². The van der Waals surface area contributed by atoms with Gasteiger partial charge < -0.3 is 14.6 Å². The Kier molecular flexibility index (Phi) is 7.60. The number of aryl methyl sites for hydroxylation is 2. The molecule has 0 unspecified atom stereocenters. The van der Waals surface area contributed by atoms with E-state index in [1.807, 2.05) is 0 Å². The highest BCUT2D eigenvalue weighted by Crippen LogP contribution is 2.52. The van der Waals surface area contributed by atoms with E-state index in [0.717, 1.165) is 24.3 Å². The highest BCUT2D eigenvalue weighted by atomic mass is 31.1. The van der Waals surface area contributed by atoms with Crippen LogP contribution in [0.25, 0.3) is 22.3 Å². The molecule has 13 heteroatoms. The number of hydrogen-bond donors (Lipinski definition) is 1. The molecule has 48 heavy (non-hydrogen) atoms. The van der Waals surface area contributed by atoms with E-state index in [2.05, 4.69) is 4.98 Å². The molecule has 8 rings (SSSR count). The van der Waals surface area contributed by atoms with Gasteiger partial charge in [-0.25, -0.2) is 14.2 Å². The van der Waals surface area contributed by atoms with E-state index < -0.39 is 66.7 Å². The third-order valence-electron chi connectivity index (χ3n) is 9.21. The largest absolute Gasteiger partial charge is 0.481 e. The molecule has 0 aliphatic carbocycles. The van der Waals surface area contributed by atoms with Gasteiger partial charge in [0, 0.05) is 36.7 Å². The second-order valence-corrected chi connectivity index (χ2v) is 13.4. The Bertz CT molecular complexity index is 2010. The molecule has 1 N–H and O–H groups in total. The lowest BCUT2D eigenvalue weighted by Gasteiger charge is -2.26. The zero-order valence-electron chi connectivity index (χ0n) is 25.7. The SMILES string of the molecule is COc1ncc2cc1-c1ccc(C(F)(F)F)cc1[C@@H]1CC[C@H]3[C@H](OC(=O)N13)c1cc(F)cc(c1)C(F)(F)/P=C(/O)c1cc(C)c-2c(C)c1. The summed E-state index contributed by atoms with van der Waals surface area (Å²) >= 11 is 0. The molecule has 3 atom stereocenters. The monoisotopic (exact) mass is 684 g/mol. The normalized spacial score (nSPS) is 22.3. The lowest BCUT2D eigenvalue weighted by Crippen LogP contribution is -2.31. The van der Waals surface area contributed by atoms with E-state index in [4.69, 9.17) is 9.47 Å². The molecule has 0 radical (unpaired) electrons. The van der Waals surface area contributed by atoms with Crippen LogP contribution in [0.3, 0.4) is 0 Å². The summed E-state index contributed by atoms with van der Waals surface area (Å²) in [5, 5.41) is 10.9. The number of benzene rings is 3. The first kappa shape index (κ1) is 32.2. The van der Waals surface area contributed by atoms with Crippen LogP contribution in [0.1, 0.15) is 63.9 Å². The molecule has 6 nitrogen and oxygen atoms in total. The van der Waals surface area contributed by atoms with Crippen molar-refractivity contribution in [2.45, 2.75) is 56.7 Å². The number of carbonyl (C=O) groups excluding carboxylic acids is 1. The molecule has 1 aromatic heterocycles. The Morgan fingerprint density at radius 2 is 1.73 bits per heavy atom. The molecule has 4 aromatic rings. The van der Waals surface area contributed by atoms with Crippen molar-refractivity contribution in [3.63, 3.8) is 0 Å². The number of alkyl halides is 5. The minimum Gasteiger partial charge on any atom is -0.481 e. The third kappa shape index (κ3) is 5.31. The molecule has 0 spiro atoms. The van der Waals surface area contributed by atoms with Crippen LogP contribution in [0.2, 0.25) is 0 Å². The van der Waals surface area contributed by atoms with Crippen molar-refractivity contribution in [3.8, 4) is 28.1 Å². The molecule has 248 valence electrons. The number of hydrogen-bond acceptors (Lipinski definition) is 4. The number of methoxy groups -OCH3 is 1. The van der Waals surface area contributed by atoms with E-state index in [0.29, 0.717) is 39.4 Å². The molecular formula is C35H27F6N2O4P. The molecule has 4 aliphatic heterocycles. The maximum atomic E-state index is 15.7. The molecule has 5 heterocycles. The number of pyridine rings is 1. The van der Waals surface area contributed by atoms with Gasteiger partial charge in [-0.15, -0.1) is 0 Å². The van der Waals surface area contributed by atoms with Crippen LogP contribution in [0.15, 0.2) is 60.8 Å². The molecule has 0 saturated carbocycles. The van der Waals surface area contributed by atoms with Gasteiger partial charge in [-0.1, -0.05) is 6.07 Å². The molecule has 3 aromatic carbocycles. The van der Waals surface area contributed by atoms with Gasteiger partial charge in [0.2, 0.25) is 5.88 Å². The summed E-state index contributed by atoms with van der Waals surface area (Å²) in [4.78, 5) is 19.2. The summed E-state index contributed by atoms with van der Waals surface area (Å²) < 4.78 is 100.0. The standard InChI is InChI=1S/C35H27F6N2O4P/c1-16-8-19-9-17(2)29(16)20-12-26(31(46-3)42-15-20)24-5-4-21(34(37,38)39)14-25(24)27-6-7-28-30(47-33(45)43(27)28)18-10-22(13-23(36)11-18)35(40,41)48-32(19)44/h4-5,8-15,27-28,30,44H,6-7H2,1-3H3/t27-,28-,30+/m0/s1. The number of nitrogens with zero attached hydrogens (tertiary/aromatic N) is 2. The van der Waals surface area contributed by atoms with Crippen molar-refractivity contribution in [2.75, 3.05) is 7.11 Å². The van der Waals surface area contributed by atoms with Crippen molar-refractivity contribution in [3.05, 3.63) is 106 Å². The first-order valence-corrected chi connectivity index (χ1v) is 15.9. The van der Waals surface area contributed by atoms with Gasteiger partial charge >= 0.3 is 17.9 Å². The molecule has 2 fully saturated rings. The highest BCUT2D eigenvalue weighted by Gasteiger charge is 2.51. The Labute approximate surface area is 272 Å². The molecule has 10 bridgehead atoms. The van der Waals surface area contributed by atoms with Gasteiger partial charge in [0.05, 0.1) is 24.8 Å². The predicted molar refractivity (Wildman–Crippen MR) is 166 cm³/mol. The number of aliphatic hydroxyl groups excluding tert-OH is 1. The maximum Gasteiger partial charge on any atom is 0.416 e. The lowest BCUT2D eigenvalue weighted by molar-refractivity contribution is -0.137. The molecule has 4 aliphatic rings. The van der Waals surface area contributed by atoms with Crippen molar-refractivity contribution in [1.82, 2.24) is 9.88 Å². The number of fused-ring (bicyclic) bond motifs is 3. The number of rotatable bonds is 1. The summed E-state index contributed by atoms with van der Waals surface area (Å²) in [5.74, 6) is -0.866. The fraction of sp³-hybridized carbons (Fsp3) is 0.286. The van der Waals surface area contributed by atoms with E-state index in [1.165, 1.54) is 24.3 Å². The third-order valence-corrected chi connectivity index (χ3v) is 10.2. The van der Waals surface area contributed by atoms with Crippen molar-refractivity contribution in [1.29, 1.82) is 0 Å². The van der Waals surface area contributed by atoms with Crippen molar-refractivity contribution >= 4 is 19.8 Å². The second kappa shape index (κ2) is 11.3. The fourth-order valence-electron chi connectivity index (χ4n) is 7.21. The van der Waals surface area contributed by atoms with Gasteiger partial charge in [0.15, 0.2) is 0 Å². The Balaban J connectivity index is 1.53. The Hall–Kier alpha value is -4.41. The fourth-order valence-corrected chi connectivity index (χ4v) is 7.99. The van der Waals surface area contributed by atoms with Crippen molar-refractivity contribution < 1.29 is 45.7 Å². The van der Waals surface area contributed by atoms with E-state index in [9.17, 15) is 27.5 Å². The maximum absolute atomic E-state index is 15.7. The van der Waals surface area contributed by atoms with Gasteiger partial charge in [0.25, 0.3) is 0 Å². The van der Waals surface area contributed by atoms with E-state index >= 15 is 8.78 Å². The van der Waals surface area contributed by atoms with Gasteiger partial charge in [-0.3, -0.25) is 4.90 Å². The first-order chi connectivity index (χ1) is 22.7. The quantitative estimate of drug-likeness (QED) is 0.160. The molecule has 2 saturated heterocycles.